The predicted octanol–water partition coefficient (Wildman–Crippen LogP) is 4.85. The smallest absolute Gasteiger partial charge is 0.265 e. The third-order valence-electron chi connectivity index (χ3n) is 4.31. The fourth-order valence-corrected chi connectivity index (χ4v) is 4.56. The molecular formula is C19H13Cl2N3O2S2. The second-order valence-corrected chi connectivity index (χ2v) is 8.65. The van der Waals surface area contributed by atoms with Crippen molar-refractivity contribution in [1.82, 2.24) is 14.7 Å². The molecule has 142 valence electrons. The molecule has 0 radical (unpaired) electrons. The molecule has 28 heavy (non-hydrogen) atoms. The van der Waals surface area contributed by atoms with E-state index in [0.717, 1.165) is 16.9 Å². The highest BCUT2D eigenvalue weighted by molar-refractivity contribution is 7.73. The summed E-state index contributed by atoms with van der Waals surface area (Å²) in [7, 11) is 0. The Bertz CT molecular complexity index is 1320. The first kappa shape index (κ1) is 19.1. The number of hydrogen-bond acceptors (Lipinski definition) is 4. The van der Waals surface area contributed by atoms with E-state index in [4.69, 9.17) is 35.4 Å². The number of amides is 1. The summed E-state index contributed by atoms with van der Waals surface area (Å²) in [6, 6.07) is 12.4. The van der Waals surface area contributed by atoms with E-state index >= 15 is 0 Å². The summed E-state index contributed by atoms with van der Waals surface area (Å²) in [5, 5.41) is 4.49. The Balaban J connectivity index is 1.66. The van der Waals surface area contributed by atoms with E-state index in [0.29, 0.717) is 48.4 Å². The van der Waals surface area contributed by atoms with Crippen molar-refractivity contribution < 1.29 is 4.79 Å². The maximum absolute atomic E-state index is 12.7. The molecule has 0 aliphatic heterocycles. The van der Waals surface area contributed by atoms with Crippen LogP contribution in [0.4, 0.5) is 0 Å². The molecule has 5 nitrogen and oxygen atoms in total. The summed E-state index contributed by atoms with van der Waals surface area (Å²) in [6.45, 7) is 0.445. The van der Waals surface area contributed by atoms with Gasteiger partial charge in [0.15, 0.2) is 3.95 Å². The first-order chi connectivity index (χ1) is 13.4. The van der Waals surface area contributed by atoms with Crippen LogP contribution in [0.15, 0.2) is 47.3 Å². The minimum absolute atomic E-state index is 0.287. The van der Waals surface area contributed by atoms with E-state index in [1.807, 2.05) is 24.3 Å². The third-order valence-corrected chi connectivity index (χ3v) is 6.17. The molecule has 1 amide bonds. The Kier molecular flexibility index (Phi) is 5.25. The average molecular weight is 450 g/mol. The number of rotatable bonds is 4. The number of nitrogens with one attached hydrogen (secondary N) is 2. The molecule has 0 atom stereocenters. The van der Waals surface area contributed by atoms with Crippen molar-refractivity contribution in [1.29, 1.82) is 0 Å². The zero-order chi connectivity index (χ0) is 19.8. The summed E-state index contributed by atoms with van der Waals surface area (Å²) in [6.07, 6.45) is 0.662. The molecule has 2 heterocycles. The van der Waals surface area contributed by atoms with E-state index < -0.39 is 0 Å². The van der Waals surface area contributed by atoms with Crippen molar-refractivity contribution in [3.63, 3.8) is 0 Å². The Labute approximate surface area is 178 Å². The zero-order valence-electron chi connectivity index (χ0n) is 14.3. The number of halogens is 2. The summed E-state index contributed by atoms with van der Waals surface area (Å²) in [5.74, 6) is -0.287. The number of H-pyrrole nitrogens is 1. The number of fused-ring (bicyclic) bond motifs is 3. The van der Waals surface area contributed by atoms with Gasteiger partial charge < -0.3 is 10.3 Å². The normalized spacial score (nSPS) is 11.2. The number of nitrogens with zero attached hydrogens (tertiary/aromatic N) is 1. The van der Waals surface area contributed by atoms with Crippen LogP contribution in [0.1, 0.15) is 15.2 Å². The second-order valence-electron chi connectivity index (χ2n) is 6.13. The first-order valence-corrected chi connectivity index (χ1v) is 10.3. The standard InChI is InChI=1S/C19H13Cl2N3O2S2/c20-11-3-1-10(2-4-11)7-8-22-18(26)15-16-23-17(25)13-6-5-12(21)9-14(13)24(16)19(27)28-15/h1-6,9H,7-8H2,(H,22,26)(H,23,25). The van der Waals surface area contributed by atoms with Gasteiger partial charge in [0.1, 0.15) is 10.5 Å². The van der Waals surface area contributed by atoms with Gasteiger partial charge in [0, 0.05) is 16.6 Å². The number of carbonyl (C=O) groups excluding carboxylic acids is 1. The van der Waals surface area contributed by atoms with Crippen LogP contribution in [0.25, 0.3) is 16.6 Å². The monoisotopic (exact) mass is 449 g/mol. The lowest BCUT2D eigenvalue weighted by Crippen LogP contribution is -2.25. The highest BCUT2D eigenvalue weighted by Gasteiger charge is 2.18. The van der Waals surface area contributed by atoms with Crippen molar-refractivity contribution >= 4 is 69.2 Å². The first-order valence-electron chi connectivity index (χ1n) is 8.34. The number of carbonyl (C=O) groups is 1. The summed E-state index contributed by atoms with van der Waals surface area (Å²) >= 11 is 18.5. The average Bonchev–Trinajstić information content (AvgIpc) is 2.99. The molecule has 4 aromatic rings. The quantitative estimate of drug-likeness (QED) is 0.437. The molecule has 0 bridgehead atoms. The fourth-order valence-electron chi connectivity index (χ4n) is 2.97. The van der Waals surface area contributed by atoms with Gasteiger partial charge in [0.25, 0.3) is 11.5 Å². The lowest BCUT2D eigenvalue weighted by atomic mass is 10.1. The van der Waals surface area contributed by atoms with Crippen molar-refractivity contribution in [2.75, 3.05) is 6.54 Å². The van der Waals surface area contributed by atoms with E-state index in [1.165, 1.54) is 0 Å². The van der Waals surface area contributed by atoms with E-state index in [9.17, 15) is 9.59 Å². The SMILES string of the molecule is O=C(NCCc1ccc(Cl)cc1)c1sc(=S)n2c1[nH]c(=O)c1ccc(Cl)cc12. The third kappa shape index (κ3) is 3.58. The van der Waals surface area contributed by atoms with Crippen LogP contribution in [0, 0.1) is 3.95 Å². The molecule has 0 spiro atoms. The van der Waals surface area contributed by atoms with Crippen LogP contribution in [-0.4, -0.2) is 21.8 Å². The Morgan fingerprint density at radius 1 is 1.14 bits per heavy atom. The molecule has 0 unspecified atom stereocenters. The maximum Gasteiger partial charge on any atom is 0.265 e. The molecular weight excluding hydrogens is 437 g/mol. The molecule has 0 aliphatic rings. The molecule has 2 aromatic carbocycles. The molecule has 0 saturated heterocycles. The number of aromatic amines is 1. The van der Waals surface area contributed by atoms with Gasteiger partial charge in [0.05, 0.1) is 10.9 Å². The van der Waals surface area contributed by atoms with Crippen molar-refractivity contribution in [3.8, 4) is 0 Å². The maximum atomic E-state index is 12.7. The van der Waals surface area contributed by atoms with Crippen molar-refractivity contribution in [2.24, 2.45) is 0 Å². The predicted molar refractivity (Wildman–Crippen MR) is 117 cm³/mol. The molecule has 0 saturated carbocycles. The largest absolute Gasteiger partial charge is 0.351 e. The van der Waals surface area contributed by atoms with Crippen LogP contribution in [0.2, 0.25) is 10.0 Å². The highest BCUT2D eigenvalue weighted by Crippen LogP contribution is 2.24. The van der Waals surface area contributed by atoms with Gasteiger partial charge in [-0.15, -0.1) is 0 Å². The number of benzene rings is 2. The van der Waals surface area contributed by atoms with Gasteiger partial charge in [0.2, 0.25) is 0 Å². The molecule has 4 rings (SSSR count). The number of hydrogen-bond donors (Lipinski definition) is 2. The number of aromatic nitrogens is 2. The van der Waals surface area contributed by atoms with Crippen molar-refractivity contribution in [2.45, 2.75) is 6.42 Å². The zero-order valence-corrected chi connectivity index (χ0v) is 17.4. The summed E-state index contributed by atoms with van der Waals surface area (Å²) in [5.41, 5.74) is 1.72. The van der Waals surface area contributed by atoms with E-state index in [-0.39, 0.29) is 11.5 Å². The molecule has 0 aliphatic carbocycles. The molecule has 9 heteroatoms. The summed E-state index contributed by atoms with van der Waals surface area (Å²) in [4.78, 5) is 28.3. The van der Waals surface area contributed by atoms with Crippen LogP contribution in [0.5, 0.6) is 0 Å². The van der Waals surface area contributed by atoms with Gasteiger partial charge in [-0.1, -0.05) is 46.7 Å². The van der Waals surface area contributed by atoms with Gasteiger partial charge >= 0.3 is 0 Å². The fraction of sp³-hybridized carbons (Fsp3) is 0.105. The minimum atomic E-state index is -0.297. The topological polar surface area (TPSA) is 66.4 Å². The van der Waals surface area contributed by atoms with Gasteiger partial charge in [-0.05, 0) is 54.5 Å². The van der Waals surface area contributed by atoms with E-state index in [1.54, 1.807) is 22.6 Å². The highest BCUT2D eigenvalue weighted by atomic mass is 35.5. The Hall–Kier alpha value is -2.19. The Morgan fingerprint density at radius 3 is 2.61 bits per heavy atom. The van der Waals surface area contributed by atoms with Crippen molar-refractivity contribution in [3.05, 3.63) is 77.3 Å². The lowest BCUT2D eigenvalue weighted by Gasteiger charge is -2.06. The van der Waals surface area contributed by atoms with Gasteiger partial charge in [-0.2, -0.15) is 0 Å². The minimum Gasteiger partial charge on any atom is -0.351 e. The van der Waals surface area contributed by atoms with E-state index in [2.05, 4.69) is 10.3 Å². The second kappa shape index (κ2) is 7.67. The lowest BCUT2D eigenvalue weighted by molar-refractivity contribution is 0.0959. The Morgan fingerprint density at radius 2 is 1.86 bits per heavy atom. The molecule has 0 fully saturated rings. The molecule has 2 N–H and O–H groups in total. The van der Waals surface area contributed by atoms with Crippen LogP contribution >= 0.6 is 46.8 Å². The van der Waals surface area contributed by atoms with Crippen LogP contribution < -0.4 is 10.9 Å². The summed E-state index contributed by atoms with van der Waals surface area (Å²) < 4.78 is 2.14. The van der Waals surface area contributed by atoms with Gasteiger partial charge in [-0.3, -0.25) is 14.0 Å². The number of thiazole rings is 1. The molecule has 2 aromatic heterocycles. The van der Waals surface area contributed by atoms with Crippen LogP contribution in [0.3, 0.4) is 0 Å². The van der Waals surface area contributed by atoms with Crippen LogP contribution in [-0.2, 0) is 6.42 Å². The van der Waals surface area contributed by atoms with Gasteiger partial charge in [-0.25, -0.2) is 0 Å².